The van der Waals surface area contributed by atoms with Gasteiger partial charge in [0.15, 0.2) is 5.01 Å². The maximum absolute atomic E-state index is 13.8. The first-order chi connectivity index (χ1) is 13.8. The molecule has 2 N–H and O–H groups in total. The lowest BCUT2D eigenvalue weighted by Crippen LogP contribution is -2.13. The molecule has 0 aliphatic rings. The minimum Gasteiger partial charge on any atom is -0.478 e. The van der Waals surface area contributed by atoms with Gasteiger partial charge in [-0.1, -0.05) is 23.7 Å². The number of nitrogens with zero attached hydrogens (tertiary/aromatic N) is 1. The van der Waals surface area contributed by atoms with Gasteiger partial charge in [-0.25, -0.2) is 18.6 Å². The zero-order chi connectivity index (χ0) is 20.7. The molecule has 0 unspecified atom stereocenters. The lowest BCUT2D eigenvalue weighted by Gasteiger charge is -2.06. The molecule has 0 aliphatic heterocycles. The molecule has 0 bridgehead atoms. The highest BCUT2D eigenvalue weighted by molar-refractivity contribution is 7.20. The summed E-state index contributed by atoms with van der Waals surface area (Å²) in [4.78, 5) is 28.6. The van der Waals surface area contributed by atoms with Crippen LogP contribution in [0.15, 0.2) is 41.8 Å². The molecular weight excluding hydrogens is 442 g/mol. The number of nitrogens with one attached hydrogen (secondary N) is 1. The van der Waals surface area contributed by atoms with E-state index in [1.807, 2.05) is 12.1 Å². The Bertz CT molecular complexity index is 1230. The molecule has 0 spiro atoms. The number of fused-ring (bicyclic) bond motifs is 1. The number of aromatic carboxylic acids is 1. The van der Waals surface area contributed by atoms with Crippen molar-refractivity contribution in [2.45, 2.75) is 0 Å². The van der Waals surface area contributed by atoms with Gasteiger partial charge in [0, 0.05) is 10.9 Å². The quantitative estimate of drug-likeness (QED) is 0.379. The van der Waals surface area contributed by atoms with E-state index in [2.05, 4.69) is 10.3 Å². The number of hydrogen-bond donors (Lipinski definition) is 2. The summed E-state index contributed by atoms with van der Waals surface area (Å²) in [6.07, 6.45) is 0. The molecule has 2 aromatic heterocycles. The van der Waals surface area contributed by atoms with E-state index in [1.54, 1.807) is 12.1 Å². The third-order valence-corrected chi connectivity index (χ3v) is 6.31. The molecule has 1 amide bonds. The van der Waals surface area contributed by atoms with Gasteiger partial charge in [0.1, 0.15) is 27.2 Å². The predicted molar refractivity (Wildman–Crippen MR) is 109 cm³/mol. The fraction of sp³-hybridized carbons (Fsp3) is 0. The first-order valence-electron chi connectivity index (χ1n) is 8.01. The van der Waals surface area contributed by atoms with Crippen LogP contribution in [0.3, 0.4) is 0 Å². The smallest absolute Gasteiger partial charge is 0.339 e. The minimum atomic E-state index is -1.35. The highest BCUT2D eigenvalue weighted by Crippen LogP contribution is 2.38. The van der Waals surface area contributed by atoms with Crippen LogP contribution < -0.4 is 5.32 Å². The fourth-order valence-corrected chi connectivity index (χ4v) is 4.64. The van der Waals surface area contributed by atoms with E-state index in [0.717, 1.165) is 28.2 Å². The first-order valence-corrected chi connectivity index (χ1v) is 10.1. The van der Waals surface area contributed by atoms with E-state index >= 15 is 0 Å². The summed E-state index contributed by atoms with van der Waals surface area (Å²) >= 11 is 7.59. The number of rotatable bonds is 4. The molecule has 0 aliphatic carbocycles. The number of carbonyl (C=O) groups excluding carboxylic acids is 1. The highest BCUT2D eigenvalue weighted by Gasteiger charge is 2.24. The second kappa shape index (κ2) is 7.51. The summed E-state index contributed by atoms with van der Waals surface area (Å²) in [6, 6.07) is 9.08. The molecule has 146 valence electrons. The van der Waals surface area contributed by atoms with Crippen molar-refractivity contribution in [2.75, 3.05) is 5.32 Å². The number of halogens is 3. The van der Waals surface area contributed by atoms with Crippen LogP contribution in [0.4, 0.5) is 13.8 Å². The SMILES string of the molecule is O=C(Nc1scc(-c2cc(F)c(Cl)c(F)c2)c1C(=O)O)c1nc2ccccc2s1. The van der Waals surface area contributed by atoms with E-state index in [9.17, 15) is 23.5 Å². The highest BCUT2D eigenvalue weighted by atomic mass is 35.5. The number of thiazole rings is 1. The third kappa shape index (κ3) is 3.59. The van der Waals surface area contributed by atoms with Crippen LogP contribution in [0.1, 0.15) is 20.2 Å². The van der Waals surface area contributed by atoms with Crippen molar-refractivity contribution in [2.24, 2.45) is 0 Å². The molecular formula is C19H9ClF2N2O3S2. The van der Waals surface area contributed by atoms with Gasteiger partial charge in [-0.2, -0.15) is 0 Å². The molecule has 2 aromatic carbocycles. The van der Waals surface area contributed by atoms with Crippen molar-refractivity contribution in [1.29, 1.82) is 0 Å². The number of thiophene rings is 1. The molecule has 0 saturated carbocycles. The molecule has 4 rings (SSSR count). The molecule has 4 aromatic rings. The van der Waals surface area contributed by atoms with Crippen molar-refractivity contribution in [3.8, 4) is 11.1 Å². The number of amides is 1. The molecule has 2 heterocycles. The van der Waals surface area contributed by atoms with E-state index in [4.69, 9.17) is 11.6 Å². The van der Waals surface area contributed by atoms with Gasteiger partial charge in [-0.15, -0.1) is 22.7 Å². The van der Waals surface area contributed by atoms with Gasteiger partial charge in [0.25, 0.3) is 5.91 Å². The average Bonchev–Trinajstić information content (AvgIpc) is 3.29. The molecule has 5 nitrogen and oxygen atoms in total. The van der Waals surface area contributed by atoms with Crippen molar-refractivity contribution in [1.82, 2.24) is 4.98 Å². The monoisotopic (exact) mass is 450 g/mol. The molecule has 29 heavy (non-hydrogen) atoms. The number of aromatic nitrogens is 1. The van der Waals surface area contributed by atoms with Crippen LogP contribution in [0.2, 0.25) is 5.02 Å². The van der Waals surface area contributed by atoms with Crippen molar-refractivity contribution < 1.29 is 23.5 Å². The Morgan fingerprint density at radius 1 is 1.14 bits per heavy atom. The minimum absolute atomic E-state index is 0.00136. The number of anilines is 1. The number of hydrogen-bond acceptors (Lipinski definition) is 5. The van der Waals surface area contributed by atoms with Gasteiger partial charge in [-0.3, -0.25) is 4.79 Å². The summed E-state index contributed by atoms with van der Waals surface area (Å²) < 4.78 is 28.4. The van der Waals surface area contributed by atoms with E-state index in [1.165, 1.54) is 16.7 Å². The van der Waals surface area contributed by atoms with E-state index in [-0.39, 0.29) is 26.7 Å². The third-order valence-electron chi connectivity index (χ3n) is 4.01. The second-order valence-electron chi connectivity index (χ2n) is 5.85. The molecule has 0 saturated heterocycles. The van der Waals surface area contributed by atoms with Crippen LogP contribution in [-0.2, 0) is 0 Å². The number of carboxylic acids is 1. The summed E-state index contributed by atoms with van der Waals surface area (Å²) in [5.41, 5.74) is 0.445. The molecule has 0 radical (unpaired) electrons. The standard InChI is InChI=1S/C19H9ClF2N2O3S2/c20-15-10(21)5-8(6-11(15)22)9-7-28-17(14(9)19(26)27)24-16(25)18-23-12-3-1-2-4-13(12)29-18/h1-7H,(H,24,25)(H,26,27). The Balaban J connectivity index is 1.71. The van der Waals surface area contributed by atoms with Gasteiger partial charge >= 0.3 is 5.97 Å². The fourth-order valence-electron chi connectivity index (χ4n) is 2.71. The van der Waals surface area contributed by atoms with Gasteiger partial charge in [0.2, 0.25) is 0 Å². The summed E-state index contributed by atoms with van der Waals surface area (Å²) in [7, 11) is 0. The Morgan fingerprint density at radius 2 is 1.83 bits per heavy atom. The average molecular weight is 451 g/mol. The summed E-state index contributed by atoms with van der Waals surface area (Å²) in [5, 5.41) is 13.1. The van der Waals surface area contributed by atoms with Crippen LogP contribution in [0.25, 0.3) is 21.3 Å². The maximum atomic E-state index is 13.8. The Labute approximate surface area is 175 Å². The molecule has 0 fully saturated rings. The van der Waals surface area contributed by atoms with Gasteiger partial charge < -0.3 is 10.4 Å². The largest absolute Gasteiger partial charge is 0.478 e. The first kappa shape index (κ1) is 19.4. The van der Waals surface area contributed by atoms with Crippen molar-refractivity contribution in [3.63, 3.8) is 0 Å². The van der Waals surface area contributed by atoms with Gasteiger partial charge in [0.05, 0.1) is 10.2 Å². The predicted octanol–water partition coefficient (Wildman–Crippen LogP) is 5.91. The van der Waals surface area contributed by atoms with Crippen LogP contribution in [0, 0.1) is 11.6 Å². The number of benzene rings is 2. The van der Waals surface area contributed by atoms with E-state index < -0.39 is 28.5 Å². The lowest BCUT2D eigenvalue weighted by molar-refractivity contribution is 0.0699. The summed E-state index contributed by atoms with van der Waals surface area (Å²) in [5.74, 6) is -3.94. The number of carboxylic acid groups (broad SMARTS) is 1. The Hall–Kier alpha value is -2.88. The van der Waals surface area contributed by atoms with Crippen molar-refractivity contribution >= 4 is 61.4 Å². The molecule has 10 heteroatoms. The number of carbonyl (C=O) groups is 2. The maximum Gasteiger partial charge on any atom is 0.339 e. The zero-order valence-corrected chi connectivity index (χ0v) is 16.6. The van der Waals surface area contributed by atoms with Crippen LogP contribution in [0.5, 0.6) is 0 Å². The van der Waals surface area contributed by atoms with Crippen LogP contribution in [-0.4, -0.2) is 22.0 Å². The normalized spacial score (nSPS) is 11.0. The lowest BCUT2D eigenvalue weighted by atomic mass is 10.0. The Kier molecular flexibility index (Phi) is 5.03. The molecule has 0 atom stereocenters. The topological polar surface area (TPSA) is 79.3 Å². The summed E-state index contributed by atoms with van der Waals surface area (Å²) in [6.45, 7) is 0. The van der Waals surface area contributed by atoms with Crippen molar-refractivity contribution in [3.05, 3.63) is 69.0 Å². The van der Waals surface area contributed by atoms with Crippen LogP contribution >= 0.6 is 34.3 Å². The second-order valence-corrected chi connectivity index (χ2v) is 8.14. The zero-order valence-electron chi connectivity index (χ0n) is 14.2. The van der Waals surface area contributed by atoms with E-state index in [0.29, 0.717) is 5.52 Å². The number of para-hydroxylation sites is 1. The Morgan fingerprint density at radius 3 is 2.48 bits per heavy atom. The van der Waals surface area contributed by atoms with Gasteiger partial charge in [-0.05, 0) is 29.8 Å².